The van der Waals surface area contributed by atoms with Gasteiger partial charge in [-0.25, -0.2) is 10.4 Å². The van der Waals surface area contributed by atoms with Gasteiger partial charge >= 0.3 is 0 Å². The van der Waals surface area contributed by atoms with Crippen LogP contribution in [0.25, 0.3) is 0 Å². The molecule has 1 heterocycles. The Labute approximate surface area is 126 Å². The Morgan fingerprint density at radius 3 is 2.81 bits per heavy atom. The smallest absolute Gasteiger partial charge is 0.283 e. The molecule has 21 heavy (non-hydrogen) atoms. The normalized spacial score (nSPS) is 10.8. The lowest BCUT2D eigenvalue weighted by molar-refractivity contribution is 0.0958. The third-order valence-corrected chi connectivity index (χ3v) is 3.68. The van der Waals surface area contributed by atoms with Crippen molar-refractivity contribution in [1.29, 1.82) is 0 Å². The molecule has 0 aliphatic heterocycles. The molecule has 0 aliphatic rings. The molecule has 2 rings (SSSR count). The first-order valence-corrected chi connectivity index (χ1v) is 7.18. The number of nitrogens with zero attached hydrogens (tertiary/aromatic N) is 2. The fourth-order valence-electron chi connectivity index (χ4n) is 1.69. The van der Waals surface area contributed by atoms with Gasteiger partial charge in [0.2, 0.25) is 0 Å². The number of hydrazone groups is 1. The number of benzene rings is 1. The molecule has 0 bridgehead atoms. The zero-order valence-corrected chi connectivity index (χ0v) is 12.6. The van der Waals surface area contributed by atoms with Crippen LogP contribution in [0.15, 0.2) is 29.4 Å². The fraction of sp³-hybridized carbons (Fsp3) is 0.214. The lowest BCUT2D eigenvalue weighted by Crippen LogP contribution is -2.17. The second-order valence-corrected chi connectivity index (χ2v) is 5.18. The second-order valence-electron chi connectivity index (χ2n) is 4.15. The van der Waals surface area contributed by atoms with E-state index in [1.165, 1.54) is 0 Å². The Morgan fingerprint density at radius 1 is 1.48 bits per heavy atom. The summed E-state index contributed by atoms with van der Waals surface area (Å²) >= 11 is 1.16. The van der Waals surface area contributed by atoms with Gasteiger partial charge in [0.05, 0.1) is 19.0 Å². The fourth-order valence-corrected chi connectivity index (χ4v) is 2.50. The molecule has 3 N–H and O–H groups in total. The van der Waals surface area contributed by atoms with Crippen LogP contribution in [0.2, 0.25) is 0 Å². The maximum Gasteiger partial charge on any atom is 0.283 e. The van der Waals surface area contributed by atoms with Gasteiger partial charge in [-0.05, 0) is 36.2 Å². The molecule has 2 aromatic rings. The number of carbonyl (C=O) groups is 1. The summed E-state index contributed by atoms with van der Waals surface area (Å²) in [5.74, 6) is 0.467. The first-order valence-electron chi connectivity index (χ1n) is 6.36. The van der Waals surface area contributed by atoms with E-state index in [1.54, 1.807) is 13.3 Å². The maximum absolute atomic E-state index is 12.0. The standard InChI is InChI=1S/C14H16N4O2S/c1-3-11-12(21-14(15)17-11)13(19)18-16-8-9-4-6-10(20-2)7-5-9/h4-8H,3H2,1-2H3,(H2,15,17)(H,18,19)/b16-8-. The van der Waals surface area contributed by atoms with Crippen molar-refractivity contribution in [2.75, 3.05) is 12.8 Å². The highest BCUT2D eigenvalue weighted by Gasteiger charge is 2.15. The summed E-state index contributed by atoms with van der Waals surface area (Å²) in [6, 6.07) is 7.33. The number of nitrogens with one attached hydrogen (secondary N) is 1. The first kappa shape index (κ1) is 15.0. The van der Waals surface area contributed by atoms with E-state index in [0.717, 1.165) is 22.6 Å². The highest BCUT2D eigenvalue weighted by atomic mass is 32.1. The van der Waals surface area contributed by atoms with Crippen molar-refractivity contribution in [2.24, 2.45) is 5.10 Å². The van der Waals surface area contributed by atoms with Gasteiger partial charge in [-0.3, -0.25) is 4.79 Å². The first-order chi connectivity index (χ1) is 10.1. The van der Waals surface area contributed by atoms with Crippen LogP contribution in [0, 0.1) is 0 Å². The van der Waals surface area contributed by atoms with Crippen LogP contribution in [0.5, 0.6) is 5.75 Å². The van der Waals surface area contributed by atoms with Crippen molar-refractivity contribution in [2.45, 2.75) is 13.3 Å². The summed E-state index contributed by atoms with van der Waals surface area (Å²) in [7, 11) is 1.61. The molecule has 1 amide bonds. The van der Waals surface area contributed by atoms with E-state index in [0.29, 0.717) is 22.1 Å². The average Bonchev–Trinajstić information content (AvgIpc) is 2.89. The number of aromatic nitrogens is 1. The Balaban J connectivity index is 2.01. The molecule has 110 valence electrons. The van der Waals surface area contributed by atoms with Crippen molar-refractivity contribution < 1.29 is 9.53 Å². The minimum absolute atomic E-state index is 0.300. The number of anilines is 1. The molecule has 7 heteroatoms. The Kier molecular flexibility index (Phi) is 4.89. The van der Waals surface area contributed by atoms with Gasteiger partial charge in [0.15, 0.2) is 5.13 Å². The molecule has 1 aromatic heterocycles. The van der Waals surface area contributed by atoms with E-state index >= 15 is 0 Å². The molecule has 0 unspecified atom stereocenters. The number of hydrogen-bond donors (Lipinski definition) is 2. The van der Waals surface area contributed by atoms with Crippen LogP contribution in [-0.4, -0.2) is 24.2 Å². The van der Waals surface area contributed by atoms with Crippen LogP contribution in [0.1, 0.15) is 27.9 Å². The molecule has 0 saturated carbocycles. The van der Waals surface area contributed by atoms with Crippen LogP contribution in [0.3, 0.4) is 0 Å². The number of ether oxygens (including phenoxy) is 1. The van der Waals surface area contributed by atoms with Crippen molar-refractivity contribution in [3.05, 3.63) is 40.4 Å². The Bertz CT molecular complexity index is 649. The van der Waals surface area contributed by atoms with Gasteiger partial charge in [-0.1, -0.05) is 18.3 Å². The molecular formula is C14H16N4O2S. The molecule has 0 saturated heterocycles. The van der Waals surface area contributed by atoms with E-state index in [2.05, 4.69) is 15.5 Å². The van der Waals surface area contributed by atoms with Gasteiger partial charge in [-0.15, -0.1) is 0 Å². The molecule has 0 fully saturated rings. The lowest BCUT2D eigenvalue weighted by atomic mass is 10.2. The monoisotopic (exact) mass is 304 g/mol. The SMILES string of the molecule is CCc1nc(N)sc1C(=O)N/N=C\c1ccc(OC)cc1. The van der Waals surface area contributed by atoms with Crippen molar-refractivity contribution in [3.63, 3.8) is 0 Å². The van der Waals surface area contributed by atoms with Gasteiger partial charge < -0.3 is 10.5 Å². The third-order valence-electron chi connectivity index (χ3n) is 2.75. The van der Waals surface area contributed by atoms with E-state index in [-0.39, 0.29) is 5.91 Å². The number of aryl methyl sites for hydroxylation is 1. The molecule has 1 aromatic carbocycles. The number of thiazole rings is 1. The molecule has 0 atom stereocenters. The topological polar surface area (TPSA) is 89.6 Å². The number of nitrogen functional groups attached to an aromatic ring is 1. The van der Waals surface area contributed by atoms with Gasteiger partial charge in [-0.2, -0.15) is 5.10 Å². The minimum Gasteiger partial charge on any atom is -0.497 e. The average molecular weight is 304 g/mol. The van der Waals surface area contributed by atoms with Gasteiger partial charge in [0, 0.05) is 0 Å². The van der Waals surface area contributed by atoms with Crippen LogP contribution in [-0.2, 0) is 6.42 Å². The van der Waals surface area contributed by atoms with E-state index in [1.807, 2.05) is 31.2 Å². The maximum atomic E-state index is 12.0. The predicted octanol–water partition coefficient (Wildman–Crippen LogP) is 2.06. The molecular weight excluding hydrogens is 288 g/mol. The van der Waals surface area contributed by atoms with Gasteiger partial charge in [0.1, 0.15) is 10.6 Å². The van der Waals surface area contributed by atoms with E-state index in [4.69, 9.17) is 10.5 Å². The van der Waals surface area contributed by atoms with Gasteiger partial charge in [0.25, 0.3) is 5.91 Å². The van der Waals surface area contributed by atoms with Crippen molar-refractivity contribution in [1.82, 2.24) is 10.4 Å². The third kappa shape index (κ3) is 3.79. The summed E-state index contributed by atoms with van der Waals surface area (Å²) in [6.07, 6.45) is 2.21. The van der Waals surface area contributed by atoms with E-state index in [9.17, 15) is 4.79 Å². The number of carbonyl (C=O) groups excluding carboxylic acids is 1. The number of methoxy groups -OCH3 is 1. The molecule has 0 radical (unpaired) electrons. The largest absolute Gasteiger partial charge is 0.497 e. The summed E-state index contributed by atoms with van der Waals surface area (Å²) in [5, 5.41) is 4.32. The summed E-state index contributed by atoms with van der Waals surface area (Å²) in [5.41, 5.74) is 9.64. The number of nitrogens with two attached hydrogens (primary N) is 1. The summed E-state index contributed by atoms with van der Waals surface area (Å²) in [4.78, 5) is 16.6. The second kappa shape index (κ2) is 6.85. The van der Waals surface area contributed by atoms with Crippen LogP contribution < -0.4 is 15.9 Å². The Morgan fingerprint density at radius 2 is 2.19 bits per heavy atom. The number of hydrogen-bond acceptors (Lipinski definition) is 6. The minimum atomic E-state index is -0.300. The van der Waals surface area contributed by atoms with Crippen LogP contribution >= 0.6 is 11.3 Å². The Hall–Kier alpha value is -2.41. The molecule has 0 spiro atoms. The van der Waals surface area contributed by atoms with E-state index < -0.39 is 0 Å². The van der Waals surface area contributed by atoms with Crippen molar-refractivity contribution >= 4 is 28.6 Å². The van der Waals surface area contributed by atoms with Crippen LogP contribution in [0.4, 0.5) is 5.13 Å². The highest BCUT2D eigenvalue weighted by molar-refractivity contribution is 7.17. The highest BCUT2D eigenvalue weighted by Crippen LogP contribution is 2.20. The van der Waals surface area contributed by atoms with Crippen molar-refractivity contribution in [3.8, 4) is 5.75 Å². The quantitative estimate of drug-likeness (QED) is 0.653. The summed E-state index contributed by atoms with van der Waals surface area (Å²) in [6.45, 7) is 1.92. The zero-order valence-electron chi connectivity index (χ0n) is 11.8. The molecule has 6 nitrogen and oxygen atoms in total. The predicted molar refractivity (Wildman–Crippen MR) is 84.0 cm³/mol. The molecule has 0 aliphatic carbocycles. The zero-order chi connectivity index (χ0) is 15.2. The number of rotatable bonds is 5. The number of amides is 1. The summed E-state index contributed by atoms with van der Waals surface area (Å²) < 4.78 is 5.07. The lowest BCUT2D eigenvalue weighted by Gasteiger charge is -2.00.